The van der Waals surface area contributed by atoms with Crippen LogP contribution in [0.5, 0.6) is 0 Å². The number of hydrogen-bond acceptors (Lipinski definition) is 12. The van der Waals surface area contributed by atoms with Crippen molar-refractivity contribution in [1.82, 2.24) is 9.88 Å². The number of carbonyl (C=O) groups is 4. The van der Waals surface area contributed by atoms with E-state index in [-0.39, 0.29) is 23.7 Å². The van der Waals surface area contributed by atoms with Gasteiger partial charge in [0.15, 0.2) is 5.92 Å². The first-order chi connectivity index (χ1) is 19.0. The Labute approximate surface area is 237 Å². The van der Waals surface area contributed by atoms with Crippen LogP contribution in [0.2, 0.25) is 0 Å². The highest BCUT2D eigenvalue weighted by atomic mass is 16.6. The number of hydrogen-bond donors (Lipinski definition) is 1. The zero-order chi connectivity index (χ0) is 31.1. The van der Waals surface area contributed by atoms with Gasteiger partial charge in [0.2, 0.25) is 5.82 Å². The van der Waals surface area contributed by atoms with Crippen LogP contribution in [-0.2, 0) is 35.1 Å². The van der Waals surface area contributed by atoms with Crippen LogP contribution < -0.4 is 5.32 Å². The molecule has 0 aliphatic carbocycles. The molecule has 0 unspecified atom stereocenters. The summed E-state index contributed by atoms with van der Waals surface area (Å²) in [4.78, 5) is 66.2. The molecule has 41 heavy (non-hydrogen) atoms. The summed E-state index contributed by atoms with van der Waals surface area (Å²) in [6, 6.07) is 8.53. The summed E-state index contributed by atoms with van der Waals surface area (Å²) >= 11 is 0. The minimum absolute atomic E-state index is 0.144. The number of rotatable bonds is 8. The molecule has 0 radical (unpaired) electrons. The molecule has 14 heteroatoms. The number of aromatic nitrogens is 1. The van der Waals surface area contributed by atoms with E-state index >= 15 is 0 Å². The SMILES string of the molecule is COC(=O)C(C(=O)OC)c1ccc([N+](=O)[O-])c(Nc2cccc(CN(C(=O)OC(C)(C)C)C(=O)OC(C)(C)C)c2)n1. The monoisotopic (exact) mass is 574 g/mol. The second kappa shape index (κ2) is 13.1. The fourth-order valence-electron chi connectivity index (χ4n) is 3.34. The lowest BCUT2D eigenvalue weighted by molar-refractivity contribution is -0.384. The molecule has 14 nitrogen and oxygen atoms in total. The normalized spacial score (nSPS) is 11.3. The summed E-state index contributed by atoms with van der Waals surface area (Å²) < 4.78 is 20.1. The number of anilines is 2. The molecule has 1 N–H and O–H groups in total. The summed E-state index contributed by atoms with van der Waals surface area (Å²) in [6.45, 7) is 9.68. The molecule has 2 rings (SSSR count). The highest BCUT2D eigenvalue weighted by Gasteiger charge is 2.34. The third-order valence-corrected chi connectivity index (χ3v) is 5.02. The number of pyridine rings is 1. The smallest absolute Gasteiger partial charge is 0.420 e. The van der Waals surface area contributed by atoms with E-state index in [2.05, 4.69) is 19.8 Å². The van der Waals surface area contributed by atoms with Gasteiger partial charge in [0.05, 0.1) is 31.4 Å². The summed E-state index contributed by atoms with van der Waals surface area (Å²) in [7, 11) is 2.15. The number of amides is 2. The van der Waals surface area contributed by atoms with Gasteiger partial charge in [0.1, 0.15) is 11.2 Å². The van der Waals surface area contributed by atoms with Gasteiger partial charge in [-0.25, -0.2) is 19.5 Å². The number of esters is 2. The number of nitro groups is 1. The van der Waals surface area contributed by atoms with Gasteiger partial charge in [-0.15, -0.1) is 0 Å². The van der Waals surface area contributed by atoms with Crippen molar-refractivity contribution in [2.45, 2.75) is 65.2 Å². The Kier molecular flexibility index (Phi) is 10.3. The van der Waals surface area contributed by atoms with E-state index < -0.39 is 51.9 Å². The minimum atomic E-state index is -1.58. The van der Waals surface area contributed by atoms with Crippen molar-refractivity contribution in [3.05, 3.63) is 57.8 Å². The van der Waals surface area contributed by atoms with Crippen molar-refractivity contribution in [2.24, 2.45) is 0 Å². The summed E-state index contributed by atoms with van der Waals surface area (Å²) in [5.74, 6) is -3.78. The van der Waals surface area contributed by atoms with Crippen molar-refractivity contribution < 1.29 is 43.0 Å². The Morgan fingerprint density at radius 3 is 1.93 bits per heavy atom. The molecule has 1 aromatic heterocycles. The molecule has 1 heterocycles. The maximum absolute atomic E-state index is 12.9. The molecular formula is C27H34N4O10. The van der Waals surface area contributed by atoms with E-state index in [1.165, 1.54) is 6.07 Å². The van der Waals surface area contributed by atoms with Crippen molar-refractivity contribution >= 4 is 41.3 Å². The third-order valence-electron chi connectivity index (χ3n) is 5.02. The van der Waals surface area contributed by atoms with Crippen LogP contribution in [-0.4, -0.2) is 64.4 Å². The van der Waals surface area contributed by atoms with Gasteiger partial charge in [-0.1, -0.05) is 12.1 Å². The number of nitrogens with one attached hydrogen (secondary N) is 1. The standard InChI is InChI=1S/C27H34N4O10/c1-26(2,3)40-24(34)30(25(35)41-27(4,5)6)15-16-10-9-11-17(14-16)28-21-19(31(36)37)13-12-18(29-21)20(22(32)38-7)23(33)39-8/h9-14,20H,15H2,1-8H3,(H,28,29). The van der Waals surface area contributed by atoms with Crippen LogP contribution >= 0.6 is 0 Å². The minimum Gasteiger partial charge on any atom is -0.468 e. The first-order valence-electron chi connectivity index (χ1n) is 12.4. The first kappa shape index (κ1) is 32.5. The second-order valence-corrected chi connectivity index (χ2v) is 10.7. The van der Waals surface area contributed by atoms with Gasteiger partial charge in [-0.3, -0.25) is 19.7 Å². The van der Waals surface area contributed by atoms with Crippen molar-refractivity contribution in [3.8, 4) is 0 Å². The van der Waals surface area contributed by atoms with Crippen molar-refractivity contribution in [1.29, 1.82) is 0 Å². The topological polar surface area (TPSA) is 176 Å². The molecule has 0 saturated carbocycles. The Morgan fingerprint density at radius 1 is 0.927 bits per heavy atom. The van der Waals surface area contributed by atoms with Crippen LogP contribution in [0.15, 0.2) is 36.4 Å². The molecule has 2 aromatic rings. The van der Waals surface area contributed by atoms with Crippen LogP contribution in [0.3, 0.4) is 0 Å². The fraction of sp³-hybridized carbons (Fsp3) is 0.444. The molecular weight excluding hydrogens is 540 g/mol. The lowest BCUT2D eigenvalue weighted by Gasteiger charge is -2.28. The summed E-state index contributed by atoms with van der Waals surface area (Å²) in [6.07, 6.45) is -1.85. The third kappa shape index (κ3) is 9.44. The van der Waals surface area contributed by atoms with E-state index in [1.54, 1.807) is 59.7 Å². The van der Waals surface area contributed by atoms with Gasteiger partial charge >= 0.3 is 29.8 Å². The highest BCUT2D eigenvalue weighted by molar-refractivity contribution is 6.00. The second-order valence-electron chi connectivity index (χ2n) is 10.7. The summed E-state index contributed by atoms with van der Waals surface area (Å²) in [5, 5.41) is 14.5. The molecule has 1 aromatic carbocycles. The van der Waals surface area contributed by atoms with Gasteiger partial charge in [0, 0.05) is 11.8 Å². The Balaban J connectivity index is 2.47. The number of methoxy groups -OCH3 is 2. The predicted octanol–water partition coefficient (Wildman–Crippen LogP) is 4.84. The zero-order valence-electron chi connectivity index (χ0n) is 24.2. The number of nitrogens with zero attached hydrogens (tertiary/aromatic N) is 3. The molecule has 0 spiro atoms. The van der Waals surface area contributed by atoms with E-state index in [1.807, 2.05) is 0 Å². The lowest BCUT2D eigenvalue weighted by Crippen LogP contribution is -2.43. The van der Waals surface area contributed by atoms with Crippen LogP contribution in [0, 0.1) is 10.1 Å². The Hall–Kier alpha value is -4.75. The first-order valence-corrected chi connectivity index (χ1v) is 12.4. The van der Waals surface area contributed by atoms with Gasteiger partial charge < -0.3 is 24.3 Å². The van der Waals surface area contributed by atoms with E-state index in [9.17, 15) is 29.3 Å². The predicted molar refractivity (Wildman–Crippen MR) is 145 cm³/mol. The average molecular weight is 575 g/mol. The number of imide groups is 1. The highest BCUT2D eigenvalue weighted by Crippen LogP contribution is 2.30. The molecule has 2 amide bonds. The lowest BCUT2D eigenvalue weighted by atomic mass is 10.0. The van der Waals surface area contributed by atoms with Crippen molar-refractivity contribution in [2.75, 3.05) is 19.5 Å². The molecule has 0 fully saturated rings. The van der Waals surface area contributed by atoms with E-state index in [0.717, 1.165) is 31.3 Å². The number of ether oxygens (including phenoxy) is 4. The van der Waals surface area contributed by atoms with Gasteiger partial charge in [-0.05, 0) is 65.3 Å². The largest absolute Gasteiger partial charge is 0.468 e. The summed E-state index contributed by atoms with van der Waals surface area (Å²) in [5.41, 5.74) is -1.64. The Morgan fingerprint density at radius 2 is 1.46 bits per heavy atom. The maximum atomic E-state index is 12.9. The fourth-order valence-corrected chi connectivity index (χ4v) is 3.34. The molecule has 0 bridgehead atoms. The van der Waals surface area contributed by atoms with Gasteiger partial charge in [-0.2, -0.15) is 0 Å². The number of benzene rings is 1. The van der Waals surface area contributed by atoms with Gasteiger partial charge in [0.25, 0.3) is 0 Å². The van der Waals surface area contributed by atoms with Crippen LogP contribution in [0.25, 0.3) is 0 Å². The molecule has 0 aliphatic rings. The molecule has 0 aliphatic heterocycles. The molecule has 0 atom stereocenters. The molecule has 0 saturated heterocycles. The van der Waals surface area contributed by atoms with E-state index in [0.29, 0.717) is 5.56 Å². The Bertz CT molecular complexity index is 1270. The average Bonchev–Trinajstić information content (AvgIpc) is 2.85. The van der Waals surface area contributed by atoms with Crippen molar-refractivity contribution in [3.63, 3.8) is 0 Å². The quantitative estimate of drug-likeness (QED) is 0.149. The number of carbonyl (C=O) groups excluding carboxylic acids is 4. The van der Waals surface area contributed by atoms with E-state index in [4.69, 9.17) is 9.47 Å². The van der Waals surface area contributed by atoms with Crippen LogP contribution in [0.4, 0.5) is 26.8 Å². The zero-order valence-corrected chi connectivity index (χ0v) is 24.2. The van der Waals surface area contributed by atoms with Crippen LogP contribution in [0.1, 0.15) is 58.7 Å². The maximum Gasteiger partial charge on any atom is 0.420 e. The molecule has 222 valence electrons.